The van der Waals surface area contributed by atoms with Crippen molar-refractivity contribution < 1.29 is 9.84 Å². The lowest BCUT2D eigenvalue weighted by Gasteiger charge is -2.19. The molecule has 1 unspecified atom stereocenters. The van der Waals surface area contributed by atoms with E-state index in [0.29, 0.717) is 5.02 Å². The predicted octanol–water partition coefficient (Wildman–Crippen LogP) is 4.23. The Morgan fingerprint density at radius 3 is 2.68 bits per heavy atom. The van der Waals surface area contributed by atoms with Crippen molar-refractivity contribution in [1.29, 1.82) is 0 Å². The lowest BCUT2D eigenvalue weighted by molar-refractivity contribution is 0.416. The summed E-state index contributed by atoms with van der Waals surface area (Å²) in [6.45, 7) is 1.96. The SMILES string of the molecule is COc1ccccc1NC(C)c1cc(Cl)ccc1O. The van der Waals surface area contributed by atoms with Gasteiger partial charge in [-0.1, -0.05) is 23.7 Å². The summed E-state index contributed by atoms with van der Waals surface area (Å²) in [5, 5.41) is 13.8. The van der Waals surface area contributed by atoms with Gasteiger partial charge in [-0.05, 0) is 37.3 Å². The molecule has 2 N–H and O–H groups in total. The smallest absolute Gasteiger partial charge is 0.141 e. The molecule has 4 heteroatoms. The van der Waals surface area contributed by atoms with Gasteiger partial charge >= 0.3 is 0 Å². The maximum Gasteiger partial charge on any atom is 0.141 e. The number of hydrogen-bond acceptors (Lipinski definition) is 3. The minimum Gasteiger partial charge on any atom is -0.508 e. The summed E-state index contributed by atoms with van der Waals surface area (Å²) in [4.78, 5) is 0. The summed E-state index contributed by atoms with van der Waals surface area (Å²) in [6, 6.07) is 12.6. The van der Waals surface area contributed by atoms with E-state index in [1.54, 1.807) is 25.3 Å². The molecule has 0 saturated carbocycles. The Bertz CT molecular complexity index is 572. The average molecular weight is 278 g/mol. The second-order valence-corrected chi connectivity index (χ2v) is 4.71. The van der Waals surface area contributed by atoms with Crippen molar-refractivity contribution in [2.24, 2.45) is 0 Å². The first-order valence-corrected chi connectivity index (χ1v) is 6.37. The van der Waals surface area contributed by atoms with Gasteiger partial charge < -0.3 is 15.2 Å². The summed E-state index contributed by atoms with van der Waals surface area (Å²) < 4.78 is 5.28. The van der Waals surface area contributed by atoms with E-state index in [9.17, 15) is 5.11 Å². The summed E-state index contributed by atoms with van der Waals surface area (Å²) in [7, 11) is 1.63. The second-order valence-electron chi connectivity index (χ2n) is 4.27. The van der Waals surface area contributed by atoms with Crippen molar-refractivity contribution in [2.45, 2.75) is 13.0 Å². The van der Waals surface area contributed by atoms with Gasteiger partial charge in [-0.2, -0.15) is 0 Å². The van der Waals surface area contributed by atoms with E-state index in [4.69, 9.17) is 16.3 Å². The highest BCUT2D eigenvalue weighted by molar-refractivity contribution is 6.30. The number of para-hydroxylation sites is 2. The number of anilines is 1. The molecule has 0 aliphatic rings. The maximum absolute atomic E-state index is 9.88. The first-order chi connectivity index (χ1) is 9.11. The van der Waals surface area contributed by atoms with Crippen LogP contribution in [-0.4, -0.2) is 12.2 Å². The van der Waals surface area contributed by atoms with Crippen molar-refractivity contribution >= 4 is 17.3 Å². The van der Waals surface area contributed by atoms with Gasteiger partial charge in [0, 0.05) is 10.6 Å². The third kappa shape index (κ3) is 3.12. The van der Waals surface area contributed by atoms with Crippen LogP contribution in [0.2, 0.25) is 5.02 Å². The fourth-order valence-electron chi connectivity index (χ4n) is 1.95. The van der Waals surface area contributed by atoms with E-state index in [-0.39, 0.29) is 11.8 Å². The van der Waals surface area contributed by atoms with Gasteiger partial charge in [0.1, 0.15) is 11.5 Å². The van der Waals surface area contributed by atoms with Crippen LogP contribution in [0.15, 0.2) is 42.5 Å². The number of aromatic hydroxyl groups is 1. The summed E-state index contributed by atoms with van der Waals surface area (Å²) >= 11 is 5.96. The quantitative estimate of drug-likeness (QED) is 0.879. The van der Waals surface area contributed by atoms with E-state index in [2.05, 4.69) is 5.32 Å². The van der Waals surface area contributed by atoms with Crippen LogP contribution in [0.1, 0.15) is 18.5 Å². The van der Waals surface area contributed by atoms with Crippen LogP contribution < -0.4 is 10.1 Å². The van der Waals surface area contributed by atoms with Crippen LogP contribution in [0.4, 0.5) is 5.69 Å². The second kappa shape index (κ2) is 5.85. The average Bonchev–Trinajstić information content (AvgIpc) is 2.42. The zero-order chi connectivity index (χ0) is 13.8. The highest BCUT2D eigenvalue weighted by Crippen LogP contribution is 2.32. The van der Waals surface area contributed by atoms with Crippen LogP contribution in [0.5, 0.6) is 11.5 Å². The van der Waals surface area contributed by atoms with E-state index in [1.165, 1.54) is 0 Å². The molecular weight excluding hydrogens is 262 g/mol. The third-order valence-corrected chi connectivity index (χ3v) is 3.17. The first kappa shape index (κ1) is 13.6. The standard InChI is InChI=1S/C15H16ClNO2/c1-10(12-9-11(16)7-8-14(12)18)17-13-5-3-4-6-15(13)19-2/h3-10,17-18H,1-2H3. The molecule has 2 rings (SSSR count). The molecule has 0 bridgehead atoms. The molecule has 0 fully saturated rings. The van der Waals surface area contributed by atoms with E-state index >= 15 is 0 Å². The largest absolute Gasteiger partial charge is 0.508 e. The third-order valence-electron chi connectivity index (χ3n) is 2.94. The van der Waals surface area contributed by atoms with Crippen LogP contribution in [0.3, 0.4) is 0 Å². The number of methoxy groups -OCH3 is 1. The zero-order valence-corrected chi connectivity index (χ0v) is 11.6. The molecular formula is C15H16ClNO2. The number of hydrogen-bond donors (Lipinski definition) is 2. The van der Waals surface area contributed by atoms with Gasteiger partial charge in [0.15, 0.2) is 0 Å². The van der Waals surface area contributed by atoms with Crippen molar-refractivity contribution in [3.63, 3.8) is 0 Å². The van der Waals surface area contributed by atoms with Crippen molar-refractivity contribution in [3.8, 4) is 11.5 Å². The molecule has 19 heavy (non-hydrogen) atoms. The van der Waals surface area contributed by atoms with Crippen molar-refractivity contribution in [2.75, 3.05) is 12.4 Å². The molecule has 0 heterocycles. The Kier molecular flexibility index (Phi) is 4.17. The topological polar surface area (TPSA) is 41.5 Å². The number of phenolic OH excluding ortho intramolecular Hbond substituents is 1. The zero-order valence-electron chi connectivity index (χ0n) is 10.9. The summed E-state index contributed by atoms with van der Waals surface area (Å²) in [5.74, 6) is 0.982. The number of nitrogens with one attached hydrogen (secondary N) is 1. The van der Waals surface area contributed by atoms with Crippen LogP contribution in [0.25, 0.3) is 0 Å². The highest BCUT2D eigenvalue weighted by atomic mass is 35.5. The summed E-state index contributed by atoms with van der Waals surface area (Å²) in [6.07, 6.45) is 0. The predicted molar refractivity (Wildman–Crippen MR) is 78.1 cm³/mol. The molecule has 3 nitrogen and oxygen atoms in total. The fraction of sp³-hybridized carbons (Fsp3) is 0.200. The molecule has 0 aliphatic carbocycles. The molecule has 0 saturated heterocycles. The maximum atomic E-state index is 9.88. The normalized spacial score (nSPS) is 11.9. The minimum atomic E-state index is -0.0880. The number of benzene rings is 2. The molecule has 0 radical (unpaired) electrons. The van der Waals surface area contributed by atoms with Gasteiger partial charge in [0.25, 0.3) is 0 Å². The number of ether oxygens (including phenoxy) is 1. The molecule has 0 spiro atoms. The molecule has 0 amide bonds. The van der Waals surface area contributed by atoms with Crippen LogP contribution in [0, 0.1) is 0 Å². The van der Waals surface area contributed by atoms with Crippen LogP contribution >= 0.6 is 11.6 Å². The molecule has 2 aromatic rings. The molecule has 100 valence electrons. The Labute approximate surface area is 117 Å². The van der Waals surface area contributed by atoms with E-state index in [1.807, 2.05) is 31.2 Å². The number of phenols is 1. The lowest BCUT2D eigenvalue weighted by atomic mass is 10.1. The molecule has 2 aromatic carbocycles. The van der Waals surface area contributed by atoms with Crippen LogP contribution in [-0.2, 0) is 0 Å². The van der Waals surface area contributed by atoms with Crippen molar-refractivity contribution in [1.82, 2.24) is 0 Å². The van der Waals surface area contributed by atoms with Gasteiger partial charge in [-0.3, -0.25) is 0 Å². The Morgan fingerprint density at radius 2 is 1.95 bits per heavy atom. The highest BCUT2D eigenvalue weighted by Gasteiger charge is 2.12. The molecule has 0 aromatic heterocycles. The fourth-order valence-corrected chi connectivity index (χ4v) is 2.13. The van der Waals surface area contributed by atoms with E-state index < -0.39 is 0 Å². The van der Waals surface area contributed by atoms with Gasteiger partial charge in [0.05, 0.1) is 18.8 Å². The van der Waals surface area contributed by atoms with Gasteiger partial charge in [0.2, 0.25) is 0 Å². The molecule has 1 atom stereocenters. The monoisotopic (exact) mass is 277 g/mol. The minimum absolute atomic E-state index is 0.0880. The summed E-state index contributed by atoms with van der Waals surface area (Å²) in [5.41, 5.74) is 1.62. The van der Waals surface area contributed by atoms with E-state index in [0.717, 1.165) is 17.0 Å². The van der Waals surface area contributed by atoms with Gasteiger partial charge in [-0.25, -0.2) is 0 Å². The number of rotatable bonds is 4. The Balaban J connectivity index is 2.25. The Morgan fingerprint density at radius 1 is 1.21 bits per heavy atom. The number of halogens is 1. The van der Waals surface area contributed by atoms with Gasteiger partial charge in [-0.15, -0.1) is 0 Å². The molecule has 0 aliphatic heterocycles. The Hall–Kier alpha value is -1.87. The first-order valence-electron chi connectivity index (χ1n) is 6.00. The lowest BCUT2D eigenvalue weighted by Crippen LogP contribution is -2.07. The van der Waals surface area contributed by atoms with Crippen molar-refractivity contribution in [3.05, 3.63) is 53.1 Å².